The van der Waals surface area contributed by atoms with Gasteiger partial charge in [-0.3, -0.25) is 0 Å². The molecule has 0 aliphatic carbocycles. The lowest BCUT2D eigenvalue weighted by molar-refractivity contribution is -0.0566. The van der Waals surface area contributed by atoms with Crippen LogP contribution in [-0.4, -0.2) is 30.6 Å². The minimum absolute atomic E-state index is 0.0371. The second-order valence-electron chi connectivity index (χ2n) is 6.08. The van der Waals surface area contributed by atoms with E-state index >= 15 is 0 Å². The van der Waals surface area contributed by atoms with E-state index in [4.69, 9.17) is 0 Å². The number of hydrogen-bond donors (Lipinski definition) is 1. The van der Waals surface area contributed by atoms with Crippen LogP contribution >= 0.6 is 0 Å². The number of aliphatic hydroxyl groups is 1. The fourth-order valence-corrected chi connectivity index (χ4v) is 6.27. The first-order valence-corrected chi connectivity index (χ1v) is 8.93. The molecule has 2 aliphatic rings. The normalized spacial score (nSPS) is 33.6. The number of benzene rings is 1. The van der Waals surface area contributed by atoms with Crippen LogP contribution in [-0.2, 0) is 15.4 Å². The fraction of sp³-hybridized carbons (Fsp3) is 0.600. The Balaban J connectivity index is 1.98. The first-order chi connectivity index (χ1) is 10.3. The number of sulfone groups is 1. The molecule has 0 aromatic heterocycles. The van der Waals surface area contributed by atoms with E-state index in [1.54, 1.807) is 12.1 Å². The molecule has 22 heavy (non-hydrogen) atoms. The van der Waals surface area contributed by atoms with E-state index in [1.165, 1.54) is 12.1 Å². The van der Waals surface area contributed by atoms with E-state index in [1.807, 2.05) is 0 Å². The van der Waals surface area contributed by atoms with Gasteiger partial charge >= 0.3 is 6.61 Å². The summed E-state index contributed by atoms with van der Waals surface area (Å²) in [6, 6.07) is 6.08. The lowest BCUT2D eigenvalue weighted by atomic mass is 9.80. The lowest BCUT2D eigenvalue weighted by Gasteiger charge is -2.44. The Hall–Kier alpha value is -1.21. The summed E-state index contributed by atoms with van der Waals surface area (Å²) in [5.74, 6) is -0.0858. The third kappa shape index (κ3) is 2.60. The van der Waals surface area contributed by atoms with Gasteiger partial charge in [0.1, 0.15) is 5.75 Å². The van der Waals surface area contributed by atoms with E-state index < -0.39 is 32.5 Å². The molecule has 4 nitrogen and oxygen atoms in total. The maximum Gasteiger partial charge on any atom is 0.387 e. The van der Waals surface area contributed by atoms with Crippen LogP contribution in [0.4, 0.5) is 8.78 Å². The number of ether oxygens (including phenoxy) is 1. The number of rotatable bonds is 3. The molecule has 2 saturated heterocycles. The third-order valence-corrected chi connectivity index (χ3v) is 7.38. The van der Waals surface area contributed by atoms with E-state index in [0.717, 1.165) is 6.42 Å². The highest BCUT2D eigenvalue weighted by atomic mass is 32.2. The Morgan fingerprint density at radius 1 is 1.18 bits per heavy atom. The third-order valence-electron chi connectivity index (χ3n) is 4.72. The van der Waals surface area contributed by atoms with Crippen molar-refractivity contribution in [2.75, 3.05) is 0 Å². The quantitative estimate of drug-likeness (QED) is 0.924. The summed E-state index contributed by atoms with van der Waals surface area (Å²) >= 11 is 0. The van der Waals surface area contributed by atoms with E-state index in [9.17, 15) is 22.3 Å². The van der Waals surface area contributed by atoms with Crippen LogP contribution in [0.2, 0.25) is 0 Å². The number of alkyl halides is 2. The van der Waals surface area contributed by atoms with Gasteiger partial charge in [0.15, 0.2) is 9.84 Å². The average Bonchev–Trinajstić information content (AvgIpc) is 2.40. The van der Waals surface area contributed by atoms with Crippen LogP contribution in [0.25, 0.3) is 0 Å². The molecule has 0 radical (unpaired) electrons. The van der Waals surface area contributed by atoms with Gasteiger partial charge in [-0.05, 0) is 31.7 Å². The molecule has 2 unspecified atom stereocenters. The van der Waals surface area contributed by atoms with Gasteiger partial charge in [-0.2, -0.15) is 8.78 Å². The van der Waals surface area contributed by atoms with Crippen molar-refractivity contribution in [3.63, 3.8) is 0 Å². The summed E-state index contributed by atoms with van der Waals surface area (Å²) in [4.78, 5) is 0. The summed E-state index contributed by atoms with van der Waals surface area (Å²) in [5, 5.41) is 9.77. The van der Waals surface area contributed by atoms with Gasteiger partial charge in [0, 0.05) is 5.56 Å². The van der Waals surface area contributed by atoms with E-state index in [0.29, 0.717) is 12.8 Å². The second kappa shape index (κ2) is 5.45. The maximum absolute atomic E-state index is 12.5. The van der Waals surface area contributed by atoms with Crippen molar-refractivity contribution in [3.8, 4) is 5.75 Å². The summed E-state index contributed by atoms with van der Waals surface area (Å²) in [6.45, 7) is -2.99. The van der Waals surface area contributed by atoms with Crippen molar-refractivity contribution in [2.24, 2.45) is 0 Å². The van der Waals surface area contributed by atoms with Crippen molar-refractivity contribution in [2.45, 2.75) is 54.8 Å². The van der Waals surface area contributed by atoms with Gasteiger partial charge in [0.25, 0.3) is 0 Å². The Kier molecular flexibility index (Phi) is 3.89. The summed E-state index contributed by atoms with van der Waals surface area (Å²) in [6.07, 6.45) is 1.92. The zero-order chi connectivity index (χ0) is 16.0. The van der Waals surface area contributed by atoms with Crippen molar-refractivity contribution in [3.05, 3.63) is 29.8 Å². The van der Waals surface area contributed by atoms with Crippen LogP contribution < -0.4 is 4.74 Å². The highest BCUT2D eigenvalue weighted by Crippen LogP contribution is 2.48. The molecule has 2 atom stereocenters. The molecule has 2 heterocycles. The van der Waals surface area contributed by atoms with Crippen molar-refractivity contribution < 1.29 is 27.0 Å². The van der Waals surface area contributed by atoms with E-state index in [-0.39, 0.29) is 24.2 Å². The average molecular weight is 332 g/mol. The van der Waals surface area contributed by atoms with Crippen LogP contribution in [0.15, 0.2) is 24.3 Å². The molecule has 0 spiro atoms. The fourth-order valence-electron chi connectivity index (χ4n) is 3.72. The predicted octanol–water partition coefficient (Wildman–Crippen LogP) is 2.61. The molecule has 1 aromatic rings. The topological polar surface area (TPSA) is 63.6 Å². The van der Waals surface area contributed by atoms with Crippen LogP contribution in [0, 0.1) is 0 Å². The first kappa shape index (κ1) is 15.7. The Morgan fingerprint density at radius 2 is 1.77 bits per heavy atom. The van der Waals surface area contributed by atoms with Gasteiger partial charge in [-0.1, -0.05) is 24.6 Å². The zero-order valence-electron chi connectivity index (χ0n) is 11.9. The van der Waals surface area contributed by atoms with Crippen molar-refractivity contribution in [1.29, 1.82) is 0 Å². The molecule has 7 heteroatoms. The Labute approximate surface area is 128 Å². The molecule has 122 valence electrons. The predicted molar refractivity (Wildman–Crippen MR) is 76.6 cm³/mol. The molecule has 2 fully saturated rings. The van der Waals surface area contributed by atoms with Gasteiger partial charge in [0.2, 0.25) is 0 Å². The Bertz CT molecular complexity index is 639. The SMILES string of the molecule is O=S1(=O)C2CCCC1CC(O)(c1ccccc1OC(F)F)C2. The number of fused-ring (bicyclic) bond motifs is 2. The van der Waals surface area contributed by atoms with E-state index in [2.05, 4.69) is 4.74 Å². The molecule has 2 bridgehead atoms. The lowest BCUT2D eigenvalue weighted by Crippen LogP contribution is -2.50. The van der Waals surface area contributed by atoms with Gasteiger partial charge in [-0.15, -0.1) is 0 Å². The number of hydrogen-bond acceptors (Lipinski definition) is 4. The molecule has 3 rings (SSSR count). The molecule has 2 aliphatic heterocycles. The van der Waals surface area contributed by atoms with Gasteiger partial charge < -0.3 is 9.84 Å². The molecule has 1 N–H and O–H groups in total. The van der Waals surface area contributed by atoms with Crippen molar-refractivity contribution in [1.82, 2.24) is 0 Å². The smallest absolute Gasteiger partial charge is 0.387 e. The highest BCUT2D eigenvalue weighted by Gasteiger charge is 2.51. The minimum Gasteiger partial charge on any atom is -0.434 e. The minimum atomic E-state index is -3.23. The van der Waals surface area contributed by atoms with Crippen LogP contribution in [0.5, 0.6) is 5.75 Å². The molecule has 0 amide bonds. The van der Waals surface area contributed by atoms with Crippen molar-refractivity contribution >= 4 is 9.84 Å². The first-order valence-electron chi connectivity index (χ1n) is 7.32. The molecular weight excluding hydrogens is 314 g/mol. The zero-order valence-corrected chi connectivity index (χ0v) is 12.7. The van der Waals surface area contributed by atoms with Gasteiger partial charge in [-0.25, -0.2) is 8.42 Å². The second-order valence-corrected chi connectivity index (χ2v) is 8.59. The molecule has 0 saturated carbocycles. The number of halogens is 2. The van der Waals surface area contributed by atoms with Crippen LogP contribution in [0.1, 0.15) is 37.7 Å². The highest BCUT2D eigenvalue weighted by molar-refractivity contribution is 7.92. The standard InChI is InChI=1S/C15H18F2O4S/c16-14(17)21-13-7-2-1-6-12(13)15(18)8-10-4-3-5-11(9-15)22(10,19)20/h1-2,6-7,10-11,14,18H,3-5,8-9H2. The summed E-state index contributed by atoms with van der Waals surface area (Å²) in [7, 11) is -3.23. The molecule has 1 aromatic carbocycles. The van der Waals surface area contributed by atoms with Gasteiger partial charge in [0.05, 0.1) is 16.1 Å². The number of para-hydroxylation sites is 1. The largest absolute Gasteiger partial charge is 0.434 e. The maximum atomic E-state index is 12.5. The Morgan fingerprint density at radius 3 is 2.36 bits per heavy atom. The summed E-state index contributed by atoms with van der Waals surface area (Å²) in [5.41, 5.74) is -1.19. The van der Waals surface area contributed by atoms with Crippen LogP contribution in [0.3, 0.4) is 0 Å². The monoisotopic (exact) mass is 332 g/mol. The summed E-state index contributed by atoms with van der Waals surface area (Å²) < 4.78 is 54.2. The molecular formula is C15H18F2O4S.